The van der Waals surface area contributed by atoms with E-state index in [9.17, 15) is 4.79 Å². The summed E-state index contributed by atoms with van der Waals surface area (Å²) in [6.07, 6.45) is -0.231. The second-order valence-corrected chi connectivity index (χ2v) is 7.23. The lowest BCUT2D eigenvalue weighted by Crippen LogP contribution is -2.55. The number of nitrogens with zero attached hydrogens (tertiary/aromatic N) is 2. The molecule has 0 unspecified atom stereocenters. The van der Waals surface area contributed by atoms with E-state index in [1.807, 2.05) is 45.0 Å². The zero-order chi connectivity index (χ0) is 17.7. The van der Waals surface area contributed by atoms with Crippen molar-refractivity contribution in [2.24, 2.45) is 0 Å². The maximum Gasteiger partial charge on any atom is 0.410 e. The van der Waals surface area contributed by atoms with Crippen LogP contribution < -0.4 is 10.5 Å². The van der Waals surface area contributed by atoms with Crippen molar-refractivity contribution in [3.8, 4) is 5.75 Å². The number of rotatable bonds is 4. The molecular weight excluding hydrogens is 306 g/mol. The Bertz CT molecular complexity index is 557. The van der Waals surface area contributed by atoms with Crippen LogP contribution in [0.15, 0.2) is 24.3 Å². The summed E-state index contributed by atoms with van der Waals surface area (Å²) >= 11 is 0. The Morgan fingerprint density at radius 3 is 2.71 bits per heavy atom. The van der Waals surface area contributed by atoms with Crippen molar-refractivity contribution in [3.05, 3.63) is 24.3 Å². The molecule has 0 aromatic heterocycles. The standard InChI is InChI=1S/C18H29N3O3/c1-14-13-21(17(22)24-18(2,3)4)9-8-20(14)10-11-23-16-7-5-6-15(19)12-16/h5-7,12,14H,8-11,13,19H2,1-4H3/t14-/m1/s1. The third-order valence-electron chi connectivity index (χ3n) is 3.92. The number of piperazine rings is 1. The van der Waals surface area contributed by atoms with E-state index in [2.05, 4.69) is 11.8 Å². The normalized spacial score (nSPS) is 19.2. The van der Waals surface area contributed by atoms with Gasteiger partial charge in [0, 0.05) is 44.0 Å². The topological polar surface area (TPSA) is 68.0 Å². The highest BCUT2D eigenvalue weighted by Gasteiger charge is 2.29. The first-order chi connectivity index (χ1) is 11.2. The van der Waals surface area contributed by atoms with E-state index in [1.54, 1.807) is 4.90 Å². The van der Waals surface area contributed by atoms with Crippen molar-refractivity contribution in [3.63, 3.8) is 0 Å². The smallest absolute Gasteiger partial charge is 0.410 e. The number of hydrogen-bond acceptors (Lipinski definition) is 5. The van der Waals surface area contributed by atoms with Crippen LogP contribution in [0.1, 0.15) is 27.7 Å². The molecule has 0 radical (unpaired) electrons. The SMILES string of the molecule is C[C@@H]1CN(C(=O)OC(C)(C)C)CCN1CCOc1cccc(N)c1. The highest BCUT2D eigenvalue weighted by molar-refractivity contribution is 5.68. The molecule has 2 rings (SSSR count). The van der Waals surface area contributed by atoms with Crippen molar-refractivity contribution in [2.45, 2.75) is 39.3 Å². The molecule has 0 saturated carbocycles. The zero-order valence-corrected chi connectivity index (χ0v) is 15.1. The molecule has 1 fully saturated rings. The Labute approximate surface area is 144 Å². The van der Waals surface area contributed by atoms with Gasteiger partial charge >= 0.3 is 6.09 Å². The van der Waals surface area contributed by atoms with Crippen LogP contribution in [0, 0.1) is 0 Å². The van der Waals surface area contributed by atoms with Crippen LogP contribution in [0.5, 0.6) is 5.75 Å². The first-order valence-corrected chi connectivity index (χ1v) is 8.45. The van der Waals surface area contributed by atoms with Crippen LogP contribution in [0.25, 0.3) is 0 Å². The highest BCUT2D eigenvalue weighted by Crippen LogP contribution is 2.16. The maximum atomic E-state index is 12.1. The third-order valence-corrected chi connectivity index (χ3v) is 3.92. The molecule has 2 N–H and O–H groups in total. The van der Waals surface area contributed by atoms with E-state index in [4.69, 9.17) is 15.2 Å². The lowest BCUT2D eigenvalue weighted by Gasteiger charge is -2.40. The van der Waals surface area contributed by atoms with Gasteiger partial charge in [-0.3, -0.25) is 4.90 Å². The summed E-state index contributed by atoms with van der Waals surface area (Å²) in [6.45, 7) is 11.4. The minimum atomic E-state index is -0.456. The summed E-state index contributed by atoms with van der Waals surface area (Å²) in [7, 11) is 0. The predicted octanol–water partition coefficient (Wildman–Crippen LogP) is 2.59. The van der Waals surface area contributed by atoms with Crippen LogP contribution in [-0.2, 0) is 4.74 Å². The molecule has 1 saturated heterocycles. The molecule has 0 aliphatic carbocycles. The van der Waals surface area contributed by atoms with Gasteiger partial charge in [0.25, 0.3) is 0 Å². The van der Waals surface area contributed by atoms with Crippen molar-refractivity contribution in [1.82, 2.24) is 9.80 Å². The minimum absolute atomic E-state index is 0.231. The Morgan fingerprint density at radius 1 is 1.33 bits per heavy atom. The molecule has 6 heteroatoms. The van der Waals surface area contributed by atoms with Crippen molar-refractivity contribution in [1.29, 1.82) is 0 Å². The number of carbonyl (C=O) groups is 1. The Morgan fingerprint density at radius 2 is 2.08 bits per heavy atom. The van der Waals surface area contributed by atoms with Gasteiger partial charge in [-0.25, -0.2) is 4.79 Å². The Hall–Kier alpha value is -1.95. The molecule has 1 atom stereocenters. The van der Waals surface area contributed by atoms with Gasteiger partial charge in [-0.15, -0.1) is 0 Å². The fraction of sp³-hybridized carbons (Fsp3) is 0.611. The molecule has 1 heterocycles. The van der Waals surface area contributed by atoms with Gasteiger partial charge in [0.2, 0.25) is 0 Å². The average Bonchev–Trinajstić information content (AvgIpc) is 2.47. The van der Waals surface area contributed by atoms with Crippen LogP contribution in [-0.4, -0.2) is 60.3 Å². The van der Waals surface area contributed by atoms with Gasteiger partial charge in [0.1, 0.15) is 18.0 Å². The number of benzene rings is 1. The summed E-state index contributed by atoms with van der Waals surface area (Å²) in [5.41, 5.74) is 5.99. The zero-order valence-electron chi connectivity index (χ0n) is 15.1. The van der Waals surface area contributed by atoms with Crippen LogP contribution in [0.2, 0.25) is 0 Å². The molecule has 0 bridgehead atoms. The monoisotopic (exact) mass is 335 g/mol. The Kier molecular flexibility index (Phi) is 5.94. The molecular formula is C18H29N3O3. The molecule has 134 valence electrons. The molecule has 24 heavy (non-hydrogen) atoms. The van der Waals surface area contributed by atoms with Gasteiger partial charge in [-0.1, -0.05) is 6.07 Å². The van der Waals surface area contributed by atoms with E-state index < -0.39 is 5.60 Å². The number of hydrogen-bond donors (Lipinski definition) is 1. The molecule has 1 aromatic carbocycles. The van der Waals surface area contributed by atoms with Gasteiger partial charge in [0.05, 0.1) is 0 Å². The highest BCUT2D eigenvalue weighted by atomic mass is 16.6. The lowest BCUT2D eigenvalue weighted by molar-refractivity contribution is 0.00431. The largest absolute Gasteiger partial charge is 0.492 e. The summed E-state index contributed by atoms with van der Waals surface area (Å²) in [5, 5.41) is 0. The number of amides is 1. The van der Waals surface area contributed by atoms with E-state index in [0.717, 1.165) is 18.8 Å². The second-order valence-electron chi connectivity index (χ2n) is 7.23. The van der Waals surface area contributed by atoms with Crippen LogP contribution >= 0.6 is 0 Å². The van der Waals surface area contributed by atoms with Gasteiger partial charge < -0.3 is 20.1 Å². The van der Waals surface area contributed by atoms with Crippen LogP contribution in [0.4, 0.5) is 10.5 Å². The lowest BCUT2D eigenvalue weighted by atomic mass is 10.2. The summed E-state index contributed by atoms with van der Waals surface area (Å²) in [4.78, 5) is 16.3. The van der Waals surface area contributed by atoms with Gasteiger partial charge in [-0.05, 0) is 39.8 Å². The van der Waals surface area contributed by atoms with E-state index in [0.29, 0.717) is 25.4 Å². The van der Waals surface area contributed by atoms with Gasteiger partial charge in [-0.2, -0.15) is 0 Å². The quantitative estimate of drug-likeness (QED) is 0.857. The second kappa shape index (κ2) is 7.75. The Balaban J connectivity index is 1.76. The predicted molar refractivity (Wildman–Crippen MR) is 95.2 cm³/mol. The first kappa shape index (κ1) is 18.4. The fourth-order valence-corrected chi connectivity index (χ4v) is 2.70. The van der Waals surface area contributed by atoms with Crippen LogP contribution in [0.3, 0.4) is 0 Å². The number of nitrogens with two attached hydrogens (primary N) is 1. The maximum absolute atomic E-state index is 12.1. The van der Waals surface area contributed by atoms with Crippen molar-refractivity contribution < 1.29 is 14.3 Å². The summed E-state index contributed by atoms with van der Waals surface area (Å²) in [6, 6.07) is 7.72. The summed E-state index contributed by atoms with van der Waals surface area (Å²) < 4.78 is 11.2. The molecule has 6 nitrogen and oxygen atoms in total. The molecule has 1 amide bonds. The molecule has 0 spiro atoms. The van der Waals surface area contributed by atoms with E-state index in [1.165, 1.54) is 0 Å². The fourth-order valence-electron chi connectivity index (χ4n) is 2.70. The number of ether oxygens (including phenoxy) is 2. The molecule has 1 aromatic rings. The minimum Gasteiger partial charge on any atom is -0.492 e. The summed E-state index contributed by atoms with van der Waals surface area (Å²) in [5.74, 6) is 0.787. The molecule has 1 aliphatic rings. The first-order valence-electron chi connectivity index (χ1n) is 8.45. The van der Waals surface area contributed by atoms with Gasteiger partial charge in [0.15, 0.2) is 0 Å². The molecule has 1 aliphatic heterocycles. The van der Waals surface area contributed by atoms with E-state index in [-0.39, 0.29) is 12.1 Å². The third kappa shape index (κ3) is 5.60. The average molecular weight is 335 g/mol. The number of carbonyl (C=O) groups excluding carboxylic acids is 1. The number of nitrogen functional groups attached to an aromatic ring is 1. The van der Waals surface area contributed by atoms with E-state index >= 15 is 0 Å². The van der Waals surface area contributed by atoms with Crippen molar-refractivity contribution in [2.75, 3.05) is 38.5 Å². The number of anilines is 1. The van der Waals surface area contributed by atoms with Crippen molar-refractivity contribution >= 4 is 11.8 Å².